The van der Waals surface area contributed by atoms with Gasteiger partial charge in [-0.3, -0.25) is 13.9 Å². The van der Waals surface area contributed by atoms with Gasteiger partial charge in [0.25, 0.3) is 0 Å². The van der Waals surface area contributed by atoms with Gasteiger partial charge in [0, 0.05) is 12.4 Å². The Morgan fingerprint density at radius 3 is 2.35 bits per heavy atom. The van der Waals surface area contributed by atoms with Crippen molar-refractivity contribution in [3.8, 4) is 0 Å². The molecule has 18 nitrogen and oxygen atoms in total. The average Bonchev–Trinajstić information content (AvgIpc) is 2.95. The molecular weight excluding hydrogens is 538 g/mol. The number of aliphatic hydroxyl groups excluding tert-OH is 2. The van der Waals surface area contributed by atoms with E-state index in [2.05, 4.69) is 23.1 Å². The Kier molecular flexibility index (Phi) is 7.44. The van der Waals surface area contributed by atoms with Gasteiger partial charge >= 0.3 is 29.2 Å². The third kappa shape index (κ3) is 6.10. The van der Waals surface area contributed by atoms with Crippen molar-refractivity contribution < 1.29 is 65.8 Å². The highest BCUT2D eigenvalue weighted by Gasteiger charge is 2.47. The minimum Gasteiger partial charge on any atom is -0.387 e. The molecule has 2 aromatic rings. The Bertz CT molecular complexity index is 1360. The highest BCUT2D eigenvalue weighted by atomic mass is 31.3. The van der Waals surface area contributed by atoms with Gasteiger partial charge in [-0.15, -0.1) is 0 Å². The van der Waals surface area contributed by atoms with Crippen LogP contribution in [0.5, 0.6) is 0 Å². The Hall–Kier alpha value is -1.69. The molecule has 0 radical (unpaired) electrons. The van der Waals surface area contributed by atoms with E-state index in [9.17, 15) is 42.8 Å². The third-order valence-corrected chi connectivity index (χ3v) is 7.98. The van der Waals surface area contributed by atoms with Crippen LogP contribution in [0.1, 0.15) is 6.23 Å². The number of rotatable bonds is 8. The van der Waals surface area contributed by atoms with Crippen LogP contribution in [0, 0.1) is 5.82 Å². The molecule has 1 aliphatic rings. The van der Waals surface area contributed by atoms with Crippen LogP contribution in [0.3, 0.4) is 0 Å². The van der Waals surface area contributed by atoms with Crippen LogP contribution in [0.4, 0.5) is 4.39 Å². The fourth-order valence-electron chi connectivity index (χ4n) is 2.82. The van der Waals surface area contributed by atoms with Gasteiger partial charge in [0.15, 0.2) is 12.0 Å². The lowest BCUT2D eigenvalue weighted by Crippen LogP contribution is -2.36. The predicted molar refractivity (Wildman–Crippen MR) is 102 cm³/mol. The van der Waals surface area contributed by atoms with Crippen molar-refractivity contribution in [1.29, 1.82) is 0 Å². The molecule has 0 spiro atoms. The minimum absolute atomic E-state index is 0.287. The summed E-state index contributed by atoms with van der Waals surface area (Å²) in [7, 11) is -17.0. The number of aromatic amines is 1. The maximum absolute atomic E-state index is 13.5. The Balaban J connectivity index is 1.77. The first kappa shape index (κ1) is 26.9. The smallest absolute Gasteiger partial charge is 0.387 e. The third-order valence-electron chi connectivity index (χ3n) is 4.18. The molecule has 1 fully saturated rings. The number of aromatic nitrogens is 3. The average molecular weight is 553 g/mol. The van der Waals surface area contributed by atoms with Gasteiger partial charge in [0.2, 0.25) is 5.43 Å². The zero-order valence-corrected chi connectivity index (χ0v) is 18.8. The van der Waals surface area contributed by atoms with E-state index in [1.165, 1.54) is 0 Å². The summed E-state index contributed by atoms with van der Waals surface area (Å²) in [4.78, 5) is 65.5. The fourth-order valence-corrected chi connectivity index (χ4v) is 5.85. The van der Waals surface area contributed by atoms with Crippen LogP contribution in [0.15, 0.2) is 22.0 Å². The molecule has 190 valence electrons. The van der Waals surface area contributed by atoms with Crippen molar-refractivity contribution >= 4 is 34.5 Å². The highest BCUT2D eigenvalue weighted by molar-refractivity contribution is 7.66. The molecule has 7 N–H and O–H groups in total. The van der Waals surface area contributed by atoms with Gasteiger partial charge < -0.3 is 39.5 Å². The van der Waals surface area contributed by atoms with Crippen molar-refractivity contribution in [2.24, 2.45) is 0 Å². The van der Waals surface area contributed by atoms with E-state index < -0.39 is 76.9 Å². The number of phosphoric acid groups is 3. The summed E-state index contributed by atoms with van der Waals surface area (Å²) in [6.45, 7) is -1.14. The highest BCUT2D eigenvalue weighted by Crippen LogP contribution is 2.66. The molecule has 0 bridgehead atoms. The van der Waals surface area contributed by atoms with Gasteiger partial charge in [0.05, 0.1) is 12.0 Å². The number of H-pyrrole nitrogens is 1. The SMILES string of the molecule is O=c1c(F)c[nH]c2nc(=O)n([C@@H]3O[C@H](COP(=O)(O)OP(=O)(O)OP(=O)(O)O)C(O)[C@@H]3O)cc12. The van der Waals surface area contributed by atoms with Gasteiger partial charge in [-0.05, 0) is 0 Å². The van der Waals surface area contributed by atoms with E-state index in [-0.39, 0.29) is 5.65 Å². The van der Waals surface area contributed by atoms with Crippen molar-refractivity contribution in [2.75, 3.05) is 6.61 Å². The molecule has 3 unspecified atom stereocenters. The number of nitrogens with zero attached hydrogens (tertiary/aromatic N) is 2. The van der Waals surface area contributed by atoms with Crippen molar-refractivity contribution in [3.63, 3.8) is 0 Å². The Labute approximate surface area is 185 Å². The molecule has 0 saturated carbocycles. The van der Waals surface area contributed by atoms with Gasteiger partial charge in [0.1, 0.15) is 24.0 Å². The summed E-state index contributed by atoms with van der Waals surface area (Å²) < 4.78 is 64.4. The predicted octanol–water partition coefficient (Wildman–Crippen LogP) is -1.81. The maximum atomic E-state index is 13.5. The molecule has 0 aromatic carbocycles. The molecule has 0 amide bonds. The molecule has 0 aliphatic carbocycles. The molecule has 3 rings (SSSR count). The van der Waals surface area contributed by atoms with Crippen molar-refractivity contribution in [3.05, 3.63) is 38.9 Å². The monoisotopic (exact) mass is 553 g/mol. The Morgan fingerprint density at radius 1 is 1.09 bits per heavy atom. The molecule has 1 saturated heterocycles. The number of fused-ring (bicyclic) bond motifs is 1. The number of ether oxygens (including phenoxy) is 1. The first-order chi connectivity index (χ1) is 15.5. The number of aliphatic hydroxyl groups is 2. The summed E-state index contributed by atoms with van der Waals surface area (Å²) in [5.41, 5.74) is -2.54. The molecule has 3 heterocycles. The standard InChI is InChI=1S/C12H15FN3O15P3/c13-5-1-14-10-4(7(5)17)2-16(12(20)15-10)11-9(19)8(18)6(29-11)3-28-33(24,25)31-34(26,27)30-32(21,22)23/h1-2,6,8-9,11,18-19H,3H2,(H,24,25)(H,26,27)(H,14,15,20)(H2,21,22,23)/t6-,8?,9+,11-/m1/s1. The summed E-state index contributed by atoms with van der Waals surface area (Å²) in [5, 5.41) is 19.9. The lowest BCUT2D eigenvalue weighted by atomic mass is 10.1. The van der Waals surface area contributed by atoms with E-state index in [0.717, 1.165) is 6.20 Å². The quantitative estimate of drug-likeness (QED) is 0.177. The van der Waals surface area contributed by atoms with Crippen molar-refractivity contribution in [1.82, 2.24) is 14.5 Å². The molecule has 2 aromatic heterocycles. The van der Waals surface area contributed by atoms with E-state index in [1.54, 1.807) is 0 Å². The van der Waals surface area contributed by atoms with E-state index >= 15 is 0 Å². The van der Waals surface area contributed by atoms with E-state index in [0.29, 0.717) is 10.8 Å². The summed E-state index contributed by atoms with van der Waals surface area (Å²) in [6, 6.07) is 0. The number of pyridine rings is 1. The minimum atomic E-state index is -5.79. The fraction of sp³-hybridized carbons (Fsp3) is 0.417. The maximum Gasteiger partial charge on any atom is 0.490 e. The number of hydrogen-bond donors (Lipinski definition) is 7. The first-order valence-corrected chi connectivity index (χ1v) is 13.1. The second kappa shape index (κ2) is 9.40. The van der Waals surface area contributed by atoms with Crippen LogP contribution >= 0.6 is 23.5 Å². The second-order valence-electron chi connectivity index (χ2n) is 6.59. The van der Waals surface area contributed by atoms with Crippen molar-refractivity contribution in [2.45, 2.75) is 24.5 Å². The molecule has 34 heavy (non-hydrogen) atoms. The lowest BCUT2D eigenvalue weighted by Gasteiger charge is -2.19. The molecule has 22 heteroatoms. The van der Waals surface area contributed by atoms with Crippen LogP contribution in [0.2, 0.25) is 0 Å². The topological polar surface area (TPSA) is 277 Å². The van der Waals surface area contributed by atoms with E-state index in [4.69, 9.17) is 19.4 Å². The van der Waals surface area contributed by atoms with E-state index in [1.807, 2.05) is 0 Å². The normalized spacial score (nSPS) is 26.9. The van der Waals surface area contributed by atoms with Gasteiger partial charge in [-0.2, -0.15) is 13.6 Å². The largest absolute Gasteiger partial charge is 0.490 e. The molecule has 1 aliphatic heterocycles. The van der Waals surface area contributed by atoms with Gasteiger partial charge in [-0.25, -0.2) is 22.9 Å². The Morgan fingerprint density at radius 2 is 1.74 bits per heavy atom. The summed E-state index contributed by atoms with van der Waals surface area (Å²) in [5.74, 6) is -1.21. The number of hydrogen-bond acceptors (Lipinski definition) is 12. The van der Waals surface area contributed by atoms with Crippen LogP contribution in [0.25, 0.3) is 11.0 Å². The zero-order chi connectivity index (χ0) is 25.6. The van der Waals surface area contributed by atoms with Crippen LogP contribution in [-0.2, 0) is 31.6 Å². The lowest BCUT2D eigenvalue weighted by molar-refractivity contribution is -0.0539. The zero-order valence-electron chi connectivity index (χ0n) is 16.1. The first-order valence-electron chi connectivity index (χ1n) is 8.60. The number of nitrogens with one attached hydrogen (secondary N) is 1. The molecular formula is C12H15FN3O15P3. The number of halogens is 1. The number of phosphoric ester groups is 1. The summed E-state index contributed by atoms with van der Waals surface area (Å²) in [6.07, 6.45) is -5.82. The van der Waals surface area contributed by atoms with Gasteiger partial charge in [-0.1, -0.05) is 0 Å². The molecule has 6 atom stereocenters. The second-order valence-corrected chi connectivity index (χ2v) is 11.0. The summed E-state index contributed by atoms with van der Waals surface area (Å²) >= 11 is 0. The van der Waals surface area contributed by atoms with Crippen LogP contribution < -0.4 is 11.1 Å². The van der Waals surface area contributed by atoms with Crippen LogP contribution in [-0.4, -0.2) is 69.2 Å².